The van der Waals surface area contributed by atoms with Crippen molar-refractivity contribution in [1.29, 1.82) is 0 Å². The van der Waals surface area contributed by atoms with E-state index in [1.54, 1.807) is 7.05 Å². The van der Waals surface area contributed by atoms with Crippen LogP contribution < -0.4 is 4.90 Å². The van der Waals surface area contributed by atoms with Crippen molar-refractivity contribution in [3.8, 4) is 0 Å². The van der Waals surface area contributed by atoms with Crippen molar-refractivity contribution in [1.82, 2.24) is 0 Å². The first-order valence-electron chi connectivity index (χ1n) is 6.56. The fourth-order valence-corrected chi connectivity index (χ4v) is 2.46. The van der Waals surface area contributed by atoms with E-state index >= 15 is 0 Å². The molecule has 2 rings (SSSR count). The summed E-state index contributed by atoms with van der Waals surface area (Å²) in [5, 5.41) is 9.01. The minimum Gasteiger partial charge on any atom is -0.478 e. The van der Waals surface area contributed by atoms with E-state index in [4.69, 9.17) is 9.84 Å². The van der Waals surface area contributed by atoms with E-state index in [1.165, 1.54) is 6.07 Å². The third-order valence-corrected chi connectivity index (χ3v) is 3.68. The van der Waals surface area contributed by atoms with Crippen molar-refractivity contribution < 1.29 is 27.8 Å². The standard InChI is InChI=1S/C14H16F3NO3/c1-18(9-4-6-21-7-5-9)10-2-3-12(14(15,16)17)11(8-10)13(19)20/h2-3,8-9H,4-7H2,1H3,(H,19,20). The van der Waals surface area contributed by atoms with Crippen LogP contribution in [-0.4, -0.2) is 37.4 Å². The quantitative estimate of drug-likeness (QED) is 0.932. The zero-order chi connectivity index (χ0) is 15.6. The molecule has 116 valence electrons. The summed E-state index contributed by atoms with van der Waals surface area (Å²) >= 11 is 0. The molecule has 1 aliphatic rings. The number of rotatable bonds is 3. The Morgan fingerprint density at radius 3 is 2.48 bits per heavy atom. The van der Waals surface area contributed by atoms with Gasteiger partial charge in [0.2, 0.25) is 0 Å². The first-order chi connectivity index (χ1) is 9.80. The Hall–Kier alpha value is -1.76. The van der Waals surface area contributed by atoms with Crippen LogP contribution in [0.3, 0.4) is 0 Å². The van der Waals surface area contributed by atoms with Gasteiger partial charge in [-0.25, -0.2) is 4.79 Å². The highest BCUT2D eigenvalue weighted by Gasteiger charge is 2.35. The molecule has 1 saturated heterocycles. The van der Waals surface area contributed by atoms with Gasteiger partial charge >= 0.3 is 12.1 Å². The predicted molar refractivity (Wildman–Crippen MR) is 70.6 cm³/mol. The Morgan fingerprint density at radius 2 is 1.95 bits per heavy atom. The molecule has 0 aliphatic carbocycles. The number of hydrogen-bond acceptors (Lipinski definition) is 3. The molecule has 1 heterocycles. The average molecular weight is 303 g/mol. The Balaban J connectivity index is 2.33. The summed E-state index contributed by atoms with van der Waals surface area (Å²) in [5.41, 5.74) is -1.38. The molecule has 21 heavy (non-hydrogen) atoms. The highest BCUT2D eigenvalue weighted by Crippen LogP contribution is 2.34. The predicted octanol–water partition coefficient (Wildman–Crippen LogP) is 3.02. The second-order valence-corrected chi connectivity index (χ2v) is 4.99. The van der Waals surface area contributed by atoms with E-state index in [-0.39, 0.29) is 6.04 Å². The number of alkyl halides is 3. The van der Waals surface area contributed by atoms with E-state index in [9.17, 15) is 18.0 Å². The second kappa shape index (κ2) is 5.93. The Morgan fingerprint density at radius 1 is 1.33 bits per heavy atom. The third kappa shape index (κ3) is 3.47. The Kier molecular flexibility index (Phi) is 4.41. The number of halogens is 3. The number of carbonyl (C=O) groups is 1. The molecular weight excluding hydrogens is 287 g/mol. The highest BCUT2D eigenvalue weighted by molar-refractivity contribution is 5.91. The molecule has 0 saturated carbocycles. The van der Waals surface area contributed by atoms with Crippen molar-refractivity contribution in [3.05, 3.63) is 29.3 Å². The van der Waals surface area contributed by atoms with E-state index in [1.807, 2.05) is 4.90 Å². The highest BCUT2D eigenvalue weighted by atomic mass is 19.4. The summed E-state index contributed by atoms with van der Waals surface area (Å²) in [6.45, 7) is 1.20. The smallest absolute Gasteiger partial charge is 0.417 e. The summed E-state index contributed by atoms with van der Waals surface area (Å²) in [6, 6.07) is 3.36. The average Bonchev–Trinajstić information content (AvgIpc) is 2.45. The lowest BCUT2D eigenvalue weighted by molar-refractivity contribution is -0.138. The van der Waals surface area contributed by atoms with Crippen LogP contribution in [0.2, 0.25) is 0 Å². The van der Waals surface area contributed by atoms with Crippen LogP contribution in [0.5, 0.6) is 0 Å². The number of benzene rings is 1. The van der Waals surface area contributed by atoms with Crippen LogP contribution in [0, 0.1) is 0 Å². The zero-order valence-electron chi connectivity index (χ0n) is 11.5. The molecule has 0 aromatic heterocycles. The minimum atomic E-state index is -4.68. The first-order valence-corrected chi connectivity index (χ1v) is 6.56. The van der Waals surface area contributed by atoms with Gasteiger partial charge in [-0.2, -0.15) is 13.2 Å². The summed E-state index contributed by atoms with van der Waals surface area (Å²) in [7, 11) is 1.75. The molecule has 1 fully saturated rings. The molecule has 1 aliphatic heterocycles. The number of ether oxygens (including phenoxy) is 1. The van der Waals surface area contributed by atoms with Crippen LogP contribution in [0.1, 0.15) is 28.8 Å². The number of aromatic carboxylic acids is 1. The van der Waals surface area contributed by atoms with Crippen LogP contribution >= 0.6 is 0 Å². The lowest BCUT2D eigenvalue weighted by atomic mass is 10.0. The molecule has 0 atom stereocenters. The van der Waals surface area contributed by atoms with Gasteiger partial charge in [0.1, 0.15) is 0 Å². The van der Waals surface area contributed by atoms with E-state index in [0.717, 1.165) is 25.0 Å². The summed E-state index contributed by atoms with van der Waals surface area (Å²) in [4.78, 5) is 12.9. The maximum atomic E-state index is 12.8. The van der Waals surface area contributed by atoms with Crippen molar-refractivity contribution in [2.75, 3.05) is 25.2 Å². The molecule has 1 aromatic rings. The van der Waals surface area contributed by atoms with E-state index < -0.39 is 23.3 Å². The van der Waals surface area contributed by atoms with Gasteiger partial charge in [0, 0.05) is 32.0 Å². The second-order valence-electron chi connectivity index (χ2n) is 4.99. The molecular formula is C14H16F3NO3. The van der Waals surface area contributed by atoms with Gasteiger partial charge < -0.3 is 14.7 Å². The monoisotopic (exact) mass is 303 g/mol. The topological polar surface area (TPSA) is 49.8 Å². The molecule has 0 amide bonds. The van der Waals surface area contributed by atoms with Crippen molar-refractivity contribution in [3.63, 3.8) is 0 Å². The van der Waals surface area contributed by atoms with Crippen molar-refractivity contribution in [2.45, 2.75) is 25.1 Å². The number of carboxylic acids is 1. The fraction of sp³-hybridized carbons (Fsp3) is 0.500. The third-order valence-electron chi connectivity index (χ3n) is 3.68. The van der Waals surface area contributed by atoms with Gasteiger partial charge in [-0.1, -0.05) is 0 Å². The van der Waals surface area contributed by atoms with Gasteiger partial charge in [0.25, 0.3) is 0 Å². The maximum absolute atomic E-state index is 12.8. The first kappa shape index (κ1) is 15.6. The molecule has 7 heteroatoms. The van der Waals surface area contributed by atoms with E-state index in [2.05, 4.69) is 0 Å². The van der Waals surface area contributed by atoms with Crippen LogP contribution in [-0.2, 0) is 10.9 Å². The van der Waals surface area contributed by atoms with Gasteiger partial charge in [0.05, 0.1) is 11.1 Å². The normalized spacial score (nSPS) is 16.8. The van der Waals surface area contributed by atoms with Crippen LogP contribution in [0.15, 0.2) is 18.2 Å². The molecule has 0 unspecified atom stereocenters. The maximum Gasteiger partial charge on any atom is 0.417 e. The largest absolute Gasteiger partial charge is 0.478 e. The van der Waals surface area contributed by atoms with Crippen LogP contribution in [0.4, 0.5) is 18.9 Å². The molecule has 4 nitrogen and oxygen atoms in total. The lowest BCUT2D eigenvalue weighted by Gasteiger charge is -2.33. The molecule has 1 N–H and O–H groups in total. The SMILES string of the molecule is CN(c1ccc(C(F)(F)F)c(C(=O)O)c1)C1CCOCC1. The fourth-order valence-electron chi connectivity index (χ4n) is 2.46. The number of carboxylic acid groups (broad SMARTS) is 1. The van der Waals surface area contributed by atoms with Gasteiger partial charge in [-0.3, -0.25) is 0 Å². The van der Waals surface area contributed by atoms with Crippen molar-refractivity contribution in [2.24, 2.45) is 0 Å². The summed E-state index contributed by atoms with van der Waals surface area (Å²) in [6.07, 6.45) is -3.15. The van der Waals surface area contributed by atoms with Crippen molar-refractivity contribution >= 4 is 11.7 Å². The Labute approximate surface area is 120 Å². The zero-order valence-corrected chi connectivity index (χ0v) is 11.5. The van der Waals surface area contributed by atoms with Crippen LogP contribution in [0.25, 0.3) is 0 Å². The van der Waals surface area contributed by atoms with Gasteiger partial charge in [-0.05, 0) is 31.0 Å². The number of anilines is 1. The molecule has 1 aromatic carbocycles. The number of hydrogen-bond donors (Lipinski definition) is 1. The summed E-state index contributed by atoms with van der Waals surface area (Å²) in [5.74, 6) is -1.58. The van der Waals surface area contributed by atoms with Gasteiger partial charge in [0.15, 0.2) is 0 Å². The minimum absolute atomic E-state index is 0.136. The summed E-state index contributed by atoms with van der Waals surface area (Å²) < 4.78 is 43.6. The molecule has 0 radical (unpaired) electrons. The lowest BCUT2D eigenvalue weighted by Crippen LogP contribution is -2.36. The van der Waals surface area contributed by atoms with Gasteiger partial charge in [-0.15, -0.1) is 0 Å². The molecule has 0 bridgehead atoms. The molecule has 0 spiro atoms. The number of nitrogens with zero attached hydrogens (tertiary/aromatic N) is 1. The Bertz CT molecular complexity index is 525. The van der Waals surface area contributed by atoms with E-state index in [0.29, 0.717) is 18.9 Å².